The van der Waals surface area contributed by atoms with Gasteiger partial charge < -0.3 is 16.4 Å². The summed E-state index contributed by atoms with van der Waals surface area (Å²) in [5, 5.41) is 5.14. The molecule has 4 N–H and O–H groups in total. The van der Waals surface area contributed by atoms with Gasteiger partial charge in [-0.25, -0.2) is 0 Å². The largest absolute Gasteiger partial charge is 0.399 e. The lowest BCUT2D eigenvalue weighted by molar-refractivity contribution is -0.110. The minimum atomic E-state index is -0.380. The molecule has 0 fully saturated rings. The van der Waals surface area contributed by atoms with E-state index in [4.69, 9.17) is 18.0 Å². The van der Waals surface area contributed by atoms with Crippen molar-refractivity contribution in [2.45, 2.75) is 0 Å². The topological polar surface area (TPSA) is 67.2 Å². The summed E-state index contributed by atoms with van der Waals surface area (Å²) < 4.78 is 0. The van der Waals surface area contributed by atoms with Crippen LogP contribution >= 0.6 is 12.2 Å². The summed E-state index contributed by atoms with van der Waals surface area (Å²) in [5.41, 5.74) is 6.78. The van der Waals surface area contributed by atoms with Crippen LogP contribution in [0.2, 0.25) is 0 Å². The number of benzene rings is 1. The van der Waals surface area contributed by atoms with Crippen LogP contribution in [0.5, 0.6) is 0 Å². The van der Waals surface area contributed by atoms with E-state index in [1.54, 1.807) is 24.3 Å². The fraction of sp³-hybridized carbons (Fsp3) is 0. The maximum atomic E-state index is 11.4. The number of hydrogen-bond donors (Lipinski definition) is 3. The first-order valence-electron chi connectivity index (χ1n) is 4.22. The van der Waals surface area contributed by atoms with Gasteiger partial charge in [0, 0.05) is 11.4 Å². The number of nitrogens with two attached hydrogens (primary N) is 1. The van der Waals surface area contributed by atoms with E-state index in [0.717, 1.165) is 0 Å². The molecule has 1 amide bonds. The molecule has 1 rings (SSSR count). The van der Waals surface area contributed by atoms with Crippen molar-refractivity contribution in [2.75, 3.05) is 11.1 Å². The van der Waals surface area contributed by atoms with Crippen LogP contribution in [0.15, 0.2) is 37.0 Å². The van der Waals surface area contributed by atoms with E-state index in [1.165, 1.54) is 6.20 Å². The van der Waals surface area contributed by atoms with Crippen molar-refractivity contribution in [2.24, 2.45) is 0 Å². The van der Waals surface area contributed by atoms with E-state index in [0.29, 0.717) is 11.4 Å². The monoisotopic (exact) mass is 221 g/mol. The summed E-state index contributed by atoms with van der Waals surface area (Å²) in [6.07, 6.45) is 1.35. The Morgan fingerprint density at radius 3 is 2.53 bits per heavy atom. The van der Waals surface area contributed by atoms with Crippen LogP contribution in [-0.2, 0) is 4.79 Å². The fourth-order valence-corrected chi connectivity index (χ4v) is 1.05. The highest BCUT2D eigenvalue weighted by Gasteiger charge is 2.06. The summed E-state index contributed by atoms with van der Waals surface area (Å²) in [6, 6.07) is 6.78. The lowest BCUT2D eigenvalue weighted by Gasteiger charge is -2.05. The molecule has 0 unspecified atom stereocenters. The summed E-state index contributed by atoms with van der Waals surface area (Å²) in [5.74, 6) is -0.380. The van der Waals surface area contributed by atoms with E-state index >= 15 is 0 Å². The third-order valence-corrected chi connectivity index (χ3v) is 1.91. The Bertz CT molecular complexity index is 386. The molecule has 0 saturated carbocycles. The Labute approximate surface area is 93.2 Å². The van der Waals surface area contributed by atoms with Crippen molar-refractivity contribution in [3.8, 4) is 0 Å². The Morgan fingerprint density at radius 1 is 1.40 bits per heavy atom. The SMILES string of the molecule is C=CNC(=S)C(=O)Nc1ccc(N)cc1. The van der Waals surface area contributed by atoms with Gasteiger partial charge in [0.15, 0.2) is 4.99 Å². The molecule has 0 atom stereocenters. The summed E-state index contributed by atoms with van der Waals surface area (Å²) in [7, 11) is 0. The number of carbonyl (C=O) groups excluding carboxylic acids is 1. The third-order valence-electron chi connectivity index (χ3n) is 1.61. The molecule has 0 aliphatic heterocycles. The standard InChI is InChI=1S/C10H11N3OS/c1-2-12-10(15)9(14)13-8-5-3-7(11)4-6-8/h2-6H,1,11H2,(H,12,15)(H,13,14). The second-order valence-electron chi connectivity index (χ2n) is 2.75. The molecule has 0 bridgehead atoms. The number of nitrogens with one attached hydrogen (secondary N) is 2. The van der Waals surface area contributed by atoms with Gasteiger partial charge in [0.05, 0.1) is 0 Å². The van der Waals surface area contributed by atoms with Gasteiger partial charge in [-0.1, -0.05) is 18.8 Å². The molecule has 0 aromatic heterocycles. The molecule has 0 aliphatic rings. The van der Waals surface area contributed by atoms with Crippen molar-refractivity contribution in [1.29, 1.82) is 0 Å². The van der Waals surface area contributed by atoms with Gasteiger partial charge in [-0.2, -0.15) is 0 Å². The Balaban J connectivity index is 2.62. The predicted octanol–water partition coefficient (Wildman–Crippen LogP) is 1.27. The van der Waals surface area contributed by atoms with Crippen LogP contribution in [0.1, 0.15) is 0 Å². The zero-order valence-electron chi connectivity index (χ0n) is 7.99. The van der Waals surface area contributed by atoms with Crippen LogP contribution in [0.4, 0.5) is 11.4 Å². The molecule has 1 aromatic rings. The van der Waals surface area contributed by atoms with Gasteiger partial charge in [-0.05, 0) is 30.5 Å². The zero-order chi connectivity index (χ0) is 11.3. The summed E-state index contributed by atoms with van der Waals surface area (Å²) in [6.45, 7) is 3.41. The third kappa shape index (κ3) is 3.40. The molecule has 0 aliphatic carbocycles. The molecule has 1 aromatic carbocycles. The van der Waals surface area contributed by atoms with Crippen molar-refractivity contribution < 1.29 is 4.79 Å². The summed E-state index contributed by atoms with van der Waals surface area (Å²) >= 11 is 4.78. The zero-order valence-corrected chi connectivity index (χ0v) is 8.80. The molecule has 0 spiro atoms. The minimum absolute atomic E-state index is 0.0711. The molecule has 5 heteroatoms. The number of thiocarbonyl (C=S) groups is 1. The number of hydrogen-bond acceptors (Lipinski definition) is 3. The highest BCUT2D eigenvalue weighted by molar-refractivity contribution is 7.82. The van der Waals surface area contributed by atoms with Crippen molar-refractivity contribution >= 4 is 34.5 Å². The number of rotatable bonds is 2. The molecule has 78 valence electrons. The predicted molar refractivity (Wildman–Crippen MR) is 65.4 cm³/mol. The quantitative estimate of drug-likeness (QED) is 0.519. The van der Waals surface area contributed by atoms with Crippen molar-refractivity contribution in [3.63, 3.8) is 0 Å². The highest BCUT2D eigenvalue weighted by atomic mass is 32.1. The number of anilines is 2. The first-order chi connectivity index (χ1) is 7.13. The average molecular weight is 221 g/mol. The minimum Gasteiger partial charge on any atom is -0.399 e. The van der Waals surface area contributed by atoms with E-state index in [9.17, 15) is 4.79 Å². The van der Waals surface area contributed by atoms with E-state index < -0.39 is 0 Å². The lowest BCUT2D eigenvalue weighted by atomic mass is 10.3. The maximum Gasteiger partial charge on any atom is 0.283 e. The Hall–Kier alpha value is -1.88. The van der Waals surface area contributed by atoms with Crippen molar-refractivity contribution in [1.82, 2.24) is 5.32 Å². The highest BCUT2D eigenvalue weighted by Crippen LogP contribution is 2.10. The van der Waals surface area contributed by atoms with Crippen LogP contribution in [0.3, 0.4) is 0 Å². The smallest absolute Gasteiger partial charge is 0.283 e. The van der Waals surface area contributed by atoms with E-state index in [1.807, 2.05) is 0 Å². The first kappa shape index (κ1) is 11.2. The summed E-state index contributed by atoms with van der Waals surface area (Å²) in [4.78, 5) is 11.5. The van der Waals surface area contributed by atoms with Gasteiger partial charge in [-0.15, -0.1) is 0 Å². The number of nitrogen functional groups attached to an aromatic ring is 1. The van der Waals surface area contributed by atoms with Crippen LogP contribution in [-0.4, -0.2) is 10.9 Å². The van der Waals surface area contributed by atoms with Gasteiger partial charge in [0.1, 0.15) is 0 Å². The van der Waals surface area contributed by atoms with Crippen molar-refractivity contribution in [3.05, 3.63) is 37.0 Å². The first-order valence-corrected chi connectivity index (χ1v) is 4.62. The van der Waals surface area contributed by atoms with E-state index in [-0.39, 0.29) is 10.9 Å². The van der Waals surface area contributed by atoms with Gasteiger partial charge in [0.2, 0.25) is 0 Å². The number of amides is 1. The van der Waals surface area contributed by atoms with Gasteiger partial charge in [0.25, 0.3) is 5.91 Å². The Kier molecular flexibility index (Phi) is 3.82. The normalized spacial score (nSPS) is 9.07. The molecule has 0 saturated heterocycles. The number of carbonyl (C=O) groups is 1. The second-order valence-corrected chi connectivity index (χ2v) is 3.16. The molecular weight excluding hydrogens is 210 g/mol. The van der Waals surface area contributed by atoms with Gasteiger partial charge in [-0.3, -0.25) is 4.79 Å². The average Bonchev–Trinajstić information content (AvgIpc) is 2.22. The second kappa shape index (κ2) is 5.11. The van der Waals surface area contributed by atoms with Crippen LogP contribution < -0.4 is 16.4 Å². The molecule has 15 heavy (non-hydrogen) atoms. The fourth-order valence-electron chi connectivity index (χ4n) is 0.913. The van der Waals surface area contributed by atoms with Gasteiger partial charge >= 0.3 is 0 Å². The molecule has 0 radical (unpaired) electrons. The van der Waals surface area contributed by atoms with Crippen LogP contribution in [0.25, 0.3) is 0 Å². The molecule has 4 nitrogen and oxygen atoms in total. The molecule has 0 heterocycles. The van der Waals surface area contributed by atoms with E-state index in [2.05, 4.69) is 17.2 Å². The maximum absolute atomic E-state index is 11.4. The van der Waals surface area contributed by atoms with Crippen LogP contribution in [0, 0.1) is 0 Å². The molecular formula is C10H11N3OS. The Morgan fingerprint density at radius 2 is 2.00 bits per heavy atom. The lowest BCUT2D eigenvalue weighted by Crippen LogP contribution is -2.30.